The van der Waals surface area contributed by atoms with Crippen LogP contribution in [0.15, 0.2) is 22.7 Å². The molecule has 0 aliphatic carbocycles. The zero-order chi connectivity index (χ0) is 11.1. The number of hydrogen-bond acceptors (Lipinski definition) is 1. The van der Waals surface area contributed by atoms with Crippen molar-refractivity contribution >= 4 is 21.6 Å². The van der Waals surface area contributed by atoms with Crippen LogP contribution in [0.5, 0.6) is 0 Å². The van der Waals surface area contributed by atoms with Gasteiger partial charge in [-0.1, -0.05) is 22.0 Å². The largest absolute Gasteiger partial charge is 0.365 e. The normalized spacial score (nSPS) is 19.6. The molecule has 1 aliphatic heterocycles. The quantitative estimate of drug-likeness (QED) is 0.757. The van der Waals surface area contributed by atoms with Crippen molar-refractivity contribution in [2.75, 3.05) is 18.0 Å². The summed E-state index contributed by atoms with van der Waals surface area (Å²) in [5.74, 6) is -2.53. The van der Waals surface area contributed by atoms with E-state index in [2.05, 4.69) is 15.9 Å². The van der Waals surface area contributed by atoms with Gasteiger partial charge in [0.05, 0.1) is 6.54 Å². The summed E-state index contributed by atoms with van der Waals surface area (Å²) in [6.07, 6.45) is -0.0432. The highest BCUT2D eigenvalue weighted by atomic mass is 79.9. The molecule has 0 atom stereocenters. The van der Waals surface area contributed by atoms with E-state index >= 15 is 0 Å². The lowest BCUT2D eigenvalue weighted by molar-refractivity contribution is 0.0257. The third kappa shape index (κ3) is 2.30. The van der Waals surface area contributed by atoms with Gasteiger partial charge in [0, 0.05) is 23.1 Å². The minimum atomic E-state index is -2.53. The van der Waals surface area contributed by atoms with Gasteiger partial charge < -0.3 is 4.90 Å². The van der Waals surface area contributed by atoms with Crippen LogP contribution in [-0.4, -0.2) is 19.0 Å². The topological polar surface area (TPSA) is 3.24 Å². The lowest BCUT2D eigenvalue weighted by Gasteiger charge is -2.18. The van der Waals surface area contributed by atoms with E-state index in [1.165, 1.54) is 0 Å². The zero-order valence-electron chi connectivity index (χ0n) is 8.43. The van der Waals surface area contributed by atoms with Crippen molar-refractivity contribution in [1.82, 2.24) is 0 Å². The number of benzene rings is 1. The first-order valence-corrected chi connectivity index (χ1v) is 5.66. The molecule has 1 heterocycles. The number of alkyl halides is 2. The fourth-order valence-electron chi connectivity index (χ4n) is 1.73. The predicted octanol–water partition coefficient (Wildman–Crippen LogP) is 3.60. The van der Waals surface area contributed by atoms with E-state index in [0.29, 0.717) is 6.54 Å². The Labute approximate surface area is 96.2 Å². The summed E-state index contributed by atoms with van der Waals surface area (Å²) in [6, 6.07) is 5.73. The van der Waals surface area contributed by atoms with Crippen LogP contribution in [-0.2, 0) is 0 Å². The van der Waals surface area contributed by atoms with Gasteiger partial charge in [-0.15, -0.1) is 0 Å². The molecule has 0 spiro atoms. The summed E-state index contributed by atoms with van der Waals surface area (Å²) in [4.78, 5) is 1.73. The molecule has 1 aromatic carbocycles. The Balaban J connectivity index is 2.21. The molecule has 0 aromatic heterocycles. The molecule has 0 amide bonds. The van der Waals surface area contributed by atoms with Crippen LogP contribution >= 0.6 is 15.9 Å². The van der Waals surface area contributed by atoms with Crippen molar-refractivity contribution in [3.05, 3.63) is 28.2 Å². The van der Waals surface area contributed by atoms with Gasteiger partial charge in [-0.3, -0.25) is 0 Å². The number of anilines is 1. The van der Waals surface area contributed by atoms with Crippen molar-refractivity contribution in [1.29, 1.82) is 0 Å². The number of halogens is 3. The van der Waals surface area contributed by atoms with Crippen LogP contribution in [0.25, 0.3) is 0 Å². The second-order valence-corrected chi connectivity index (χ2v) is 4.82. The van der Waals surface area contributed by atoms with E-state index in [9.17, 15) is 8.78 Å². The Bertz CT molecular complexity index is 379. The molecule has 0 saturated carbocycles. The number of hydrogen-bond donors (Lipinski definition) is 0. The van der Waals surface area contributed by atoms with E-state index in [1.54, 1.807) is 4.90 Å². The van der Waals surface area contributed by atoms with Gasteiger partial charge in [0.15, 0.2) is 0 Å². The van der Waals surface area contributed by atoms with Crippen LogP contribution in [0.2, 0.25) is 0 Å². The smallest absolute Gasteiger partial charge is 0.266 e. The zero-order valence-corrected chi connectivity index (χ0v) is 10.0. The highest BCUT2D eigenvalue weighted by Gasteiger charge is 2.38. The maximum Gasteiger partial charge on any atom is 0.266 e. The second-order valence-electron chi connectivity index (χ2n) is 3.96. The summed E-state index contributed by atoms with van der Waals surface area (Å²) >= 11 is 3.41. The Morgan fingerprint density at radius 3 is 2.67 bits per heavy atom. The van der Waals surface area contributed by atoms with E-state index in [4.69, 9.17) is 0 Å². The molecule has 0 N–H and O–H groups in total. The minimum Gasteiger partial charge on any atom is -0.365 e. The summed E-state index contributed by atoms with van der Waals surface area (Å²) in [5, 5.41) is 0. The van der Waals surface area contributed by atoms with Gasteiger partial charge in [0.1, 0.15) is 0 Å². The SMILES string of the molecule is Cc1ccc(N2CCC(F)(F)C2)cc1Br. The molecule has 1 nitrogen and oxygen atoms in total. The molecule has 0 radical (unpaired) electrons. The molecule has 2 rings (SSSR count). The molecule has 1 aromatic rings. The molecule has 1 aliphatic rings. The van der Waals surface area contributed by atoms with E-state index in [0.717, 1.165) is 15.7 Å². The molecule has 4 heteroatoms. The van der Waals surface area contributed by atoms with Gasteiger partial charge in [-0.2, -0.15) is 0 Å². The lowest BCUT2D eigenvalue weighted by Crippen LogP contribution is -2.24. The molecule has 0 bridgehead atoms. The molecule has 0 unspecified atom stereocenters. The summed E-state index contributed by atoms with van der Waals surface area (Å²) in [6.45, 7) is 2.25. The monoisotopic (exact) mass is 275 g/mol. The lowest BCUT2D eigenvalue weighted by atomic mass is 10.2. The molecule has 1 saturated heterocycles. The van der Waals surface area contributed by atoms with Crippen LogP contribution in [0, 0.1) is 6.92 Å². The molecule has 82 valence electrons. The average Bonchev–Trinajstić information content (AvgIpc) is 2.51. The fraction of sp³-hybridized carbons (Fsp3) is 0.455. The first-order valence-electron chi connectivity index (χ1n) is 4.87. The predicted molar refractivity (Wildman–Crippen MR) is 60.7 cm³/mol. The van der Waals surface area contributed by atoms with Gasteiger partial charge in [0.2, 0.25) is 0 Å². The first-order chi connectivity index (χ1) is 6.98. The van der Waals surface area contributed by atoms with Crippen LogP contribution < -0.4 is 4.90 Å². The Kier molecular flexibility index (Phi) is 2.71. The van der Waals surface area contributed by atoms with Gasteiger partial charge in [0.25, 0.3) is 5.92 Å². The minimum absolute atomic E-state index is 0.0432. The third-order valence-corrected chi connectivity index (χ3v) is 3.54. The fourth-order valence-corrected chi connectivity index (χ4v) is 2.10. The second kappa shape index (κ2) is 3.74. The molecular formula is C11H12BrF2N. The molecular weight excluding hydrogens is 264 g/mol. The Morgan fingerprint density at radius 2 is 2.13 bits per heavy atom. The van der Waals surface area contributed by atoms with Crippen molar-refractivity contribution in [3.63, 3.8) is 0 Å². The maximum atomic E-state index is 13.0. The highest BCUT2D eigenvalue weighted by Crippen LogP contribution is 2.32. The Hall–Kier alpha value is -0.640. The van der Waals surface area contributed by atoms with Crippen LogP contribution in [0.1, 0.15) is 12.0 Å². The van der Waals surface area contributed by atoms with Crippen LogP contribution in [0.4, 0.5) is 14.5 Å². The van der Waals surface area contributed by atoms with E-state index < -0.39 is 5.92 Å². The molecule has 15 heavy (non-hydrogen) atoms. The van der Waals surface area contributed by atoms with Crippen molar-refractivity contribution < 1.29 is 8.78 Å². The number of nitrogens with zero attached hydrogens (tertiary/aromatic N) is 1. The first kappa shape index (κ1) is 10.9. The molecule has 1 fully saturated rings. The van der Waals surface area contributed by atoms with Gasteiger partial charge in [-0.25, -0.2) is 8.78 Å². The van der Waals surface area contributed by atoms with Crippen molar-refractivity contribution in [3.8, 4) is 0 Å². The van der Waals surface area contributed by atoms with E-state index in [1.807, 2.05) is 25.1 Å². The highest BCUT2D eigenvalue weighted by molar-refractivity contribution is 9.10. The number of aryl methyl sites for hydroxylation is 1. The van der Waals surface area contributed by atoms with E-state index in [-0.39, 0.29) is 13.0 Å². The summed E-state index contributed by atoms with van der Waals surface area (Å²) in [5.41, 5.74) is 1.98. The number of rotatable bonds is 1. The van der Waals surface area contributed by atoms with Gasteiger partial charge in [-0.05, 0) is 24.6 Å². The van der Waals surface area contributed by atoms with Gasteiger partial charge >= 0.3 is 0 Å². The maximum absolute atomic E-state index is 13.0. The van der Waals surface area contributed by atoms with Crippen molar-refractivity contribution in [2.24, 2.45) is 0 Å². The van der Waals surface area contributed by atoms with Crippen molar-refractivity contribution in [2.45, 2.75) is 19.3 Å². The summed E-state index contributed by atoms with van der Waals surface area (Å²) in [7, 11) is 0. The standard InChI is InChI=1S/C11H12BrF2N/c1-8-2-3-9(6-10(8)12)15-5-4-11(13,14)7-15/h2-3,6H,4-5,7H2,1H3. The van der Waals surface area contributed by atoms with Crippen LogP contribution in [0.3, 0.4) is 0 Å². The third-order valence-electron chi connectivity index (χ3n) is 2.69. The average molecular weight is 276 g/mol. The summed E-state index contributed by atoms with van der Waals surface area (Å²) < 4.78 is 27.0. The Morgan fingerprint density at radius 1 is 1.40 bits per heavy atom.